The number of benzene rings is 1. The number of carbonyl (C=O) groups is 1. The van der Waals surface area contributed by atoms with Crippen molar-refractivity contribution in [2.75, 3.05) is 12.4 Å². The van der Waals surface area contributed by atoms with Crippen molar-refractivity contribution < 1.29 is 18.3 Å². The van der Waals surface area contributed by atoms with Crippen LogP contribution < -0.4 is 10.1 Å². The molecule has 140 valence electrons. The van der Waals surface area contributed by atoms with E-state index >= 15 is 0 Å². The number of aromatic nitrogens is 3. The minimum Gasteiger partial charge on any atom is -0.495 e. The van der Waals surface area contributed by atoms with Gasteiger partial charge in [-0.2, -0.15) is 5.10 Å². The van der Waals surface area contributed by atoms with Crippen LogP contribution in [0.2, 0.25) is 0 Å². The molecule has 0 radical (unpaired) electrons. The smallest absolute Gasteiger partial charge is 0.280 e. The Kier molecular flexibility index (Phi) is 4.25. The lowest BCUT2D eigenvalue weighted by molar-refractivity contribution is 0.102. The molecule has 1 aliphatic rings. The molecular formula is C19H18F2N4O2. The van der Waals surface area contributed by atoms with Crippen molar-refractivity contribution in [3.05, 3.63) is 53.0 Å². The highest BCUT2D eigenvalue weighted by atomic mass is 19.3. The Bertz CT molecular complexity index is 1030. The van der Waals surface area contributed by atoms with E-state index in [0.29, 0.717) is 17.1 Å². The summed E-state index contributed by atoms with van der Waals surface area (Å²) in [7, 11) is 1.50. The summed E-state index contributed by atoms with van der Waals surface area (Å²) in [5, 5.41) is 6.77. The number of methoxy groups -OCH3 is 1. The van der Waals surface area contributed by atoms with Crippen molar-refractivity contribution in [3.8, 4) is 5.75 Å². The second-order valence-electron chi connectivity index (χ2n) is 6.64. The Morgan fingerprint density at radius 3 is 2.74 bits per heavy atom. The predicted molar refractivity (Wildman–Crippen MR) is 95.6 cm³/mol. The van der Waals surface area contributed by atoms with Crippen LogP contribution in [-0.2, 0) is 0 Å². The summed E-state index contributed by atoms with van der Waals surface area (Å²) in [5.41, 5.74) is 2.06. The Hall–Kier alpha value is -3.03. The van der Waals surface area contributed by atoms with Gasteiger partial charge in [-0.05, 0) is 43.5 Å². The van der Waals surface area contributed by atoms with Crippen LogP contribution in [0, 0.1) is 6.92 Å². The molecule has 1 aliphatic carbocycles. The van der Waals surface area contributed by atoms with Crippen LogP contribution in [0.25, 0.3) is 5.65 Å². The number of carbonyl (C=O) groups excluding carboxylic acids is 1. The van der Waals surface area contributed by atoms with Crippen LogP contribution in [0.5, 0.6) is 5.75 Å². The summed E-state index contributed by atoms with van der Waals surface area (Å²) in [6.45, 7) is 1.89. The minimum absolute atomic E-state index is 0.0147. The number of hydrogen-bond donors (Lipinski definition) is 1. The van der Waals surface area contributed by atoms with Crippen molar-refractivity contribution in [2.45, 2.75) is 32.1 Å². The molecule has 2 aromatic heterocycles. The van der Waals surface area contributed by atoms with E-state index in [4.69, 9.17) is 4.74 Å². The average Bonchev–Trinajstić information content (AvgIpc) is 3.39. The number of alkyl halides is 2. The molecule has 3 aromatic rings. The fourth-order valence-electron chi connectivity index (χ4n) is 2.98. The molecule has 0 aliphatic heterocycles. The first-order chi connectivity index (χ1) is 13.0. The first kappa shape index (κ1) is 17.4. The summed E-state index contributed by atoms with van der Waals surface area (Å²) in [6, 6.07) is 8.17. The average molecular weight is 372 g/mol. The van der Waals surface area contributed by atoms with Gasteiger partial charge in [-0.1, -0.05) is 6.07 Å². The number of hydrogen-bond acceptors (Lipinski definition) is 4. The summed E-state index contributed by atoms with van der Waals surface area (Å²) >= 11 is 0. The highest BCUT2D eigenvalue weighted by Gasteiger charge is 2.28. The standard InChI is InChI=1S/C19H18F2N4O2/c1-10-3-6-16(27-2)13(7-10)23-19(26)14-9-17-22-12(11-4-5-11)8-15(18(20)21)25(17)24-14/h3,6-9,11,18H,4-5H2,1-2H3,(H,23,26). The Balaban J connectivity index is 1.70. The van der Waals surface area contributed by atoms with Crippen LogP contribution in [0.1, 0.15) is 52.6 Å². The van der Waals surface area contributed by atoms with Crippen LogP contribution in [0.15, 0.2) is 30.3 Å². The van der Waals surface area contributed by atoms with Gasteiger partial charge in [-0.15, -0.1) is 0 Å². The van der Waals surface area contributed by atoms with Gasteiger partial charge in [0, 0.05) is 17.7 Å². The third-order valence-electron chi connectivity index (χ3n) is 4.53. The maximum Gasteiger partial charge on any atom is 0.280 e. The van der Waals surface area contributed by atoms with E-state index in [1.807, 2.05) is 13.0 Å². The van der Waals surface area contributed by atoms with Gasteiger partial charge < -0.3 is 10.1 Å². The van der Waals surface area contributed by atoms with Gasteiger partial charge in [-0.3, -0.25) is 4.79 Å². The fourth-order valence-corrected chi connectivity index (χ4v) is 2.98. The zero-order valence-corrected chi connectivity index (χ0v) is 14.9. The van der Waals surface area contributed by atoms with Crippen LogP contribution >= 0.6 is 0 Å². The molecule has 6 nitrogen and oxygen atoms in total. The molecule has 27 heavy (non-hydrogen) atoms. The number of amides is 1. The van der Waals surface area contributed by atoms with E-state index in [-0.39, 0.29) is 23.0 Å². The van der Waals surface area contributed by atoms with Gasteiger partial charge in [-0.25, -0.2) is 18.3 Å². The number of rotatable bonds is 5. The molecule has 1 aromatic carbocycles. The molecule has 1 amide bonds. The molecule has 4 rings (SSSR count). The van der Waals surface area contributed by atoms with Gasteiger partial charge in [0.15, 0.2) is 11.3 Å². The van der Waals surface area contributed by atoms with Gasteiger partial charge >= 0.3 is 0 Å². The molecule has 0 unspecified atom stereocenters. The third kappa shape index (κ3) is 3.34. The van der Waals surface area contributed by atoms with E-state index in [1.54, 1.807) is 12.1 Å². The lowest BCUT2D eigenvalue weighted by Crippen LogP contribution is -2.14. The first-order valence-corrected chi connectivity index (χ1v) is 8.61. The SMILES string of the molecule is COc1ccc(C)cc1NC(=O)c1cc2nc(C3CC3)cc(C(F)F)n2n1. The predicted octanol–water partition coefficient (Wildman–Crippen LogP) is 4.11. The van der Waals surface area contributed by atoms with Gasteiger partial charge in [0.25, 0.3) is 12.3 Å². The Morgan fingerprint density at radius 1 is 1.30 bits per heavy atom. The largest absolute Gasteiger partial charge is 0.495 e. The number of nitrogens with zero attached hydrogens (tertiary/aromatic N) is 3. The van der Waals surface area contributed by atoms with E-state index in [1.165, 1.54) is 19.2 Å². The summed E-state index contributed by atoms with van der Waals surface area (Å²) < 4.78 is 33.2. The monoisotopic (exact) mass is 372 g/mol. The molecule has 1 N–H and O–H groups in total. The van der Waals surface area contributed by atoms with Crippen molar-refractivity contribution in [1.29, 1.82) is 0 Å². The second-order valence-corrected chi connectivity index (χ2v) is 6.64. The fraction of sp³-hybridized carbons (Fsp3) is 0.316. The normalized spacial score (nSPS) is 14.0. The number of fused-ring (bicyclic) bond motifs is 1. The van der Waals surface area contributed by atoms with Crippen LogP contribution in [-0.4, -0.2) is 27.6 Å². The number of nitrogens with one attached hydrogen (secondary N) is 1. The highest BCUT2D eigenvalue weighted by molar-refractivity contribution is 6.04. The third-order valence-corrected chi connectivity index (χ3v) is 4.53. The van der Waals surface area contributed by atoms with Crippen molar-refractivity contribution >= 4 is 17.2 Å². The van der Waals surface area contributed by atoms with Gasteiger partial charge in [0.05, 0.1) is 12.8 Å². The van der Waals surface area contributed by atoms with E-state index in [0.717, 1.165) is 22.9 Å². The topological polar surface area (TPSA) is 68.5 Å². The zero-order valence-electron chi connectivity index (χ0n) is 14.9. The Morgan fingerprint density at radius 2 is 2.07 bits per heavy atom. The number of anilines is 1. The van der Waals surface area contributed by atoms with Crippen LogP contribution in [0.4, 0.5) is 14.5 Å². The summed E-state index contributed by atoms with van der Waals surface area (Å²) in [4.78, 5) is 17.0. The number of halogens is 2. The lowest BCUT2D eigenvalue weighted by Gasteiger charge is -2.10. The van der Waals surface area contributed by atoms with Crippen molar-refractivity contribution in [2.24, 2.45) is 0 Å². The molecular weight excluding hydrogens is 354 g/mol. The molecule has 0 spiro atoms. The molecule has 1 fully saturated rings. The summed E-state index contributed by atoms with van der Waals surface area (Å²) in [5.74, 6) is 0.203. The number of aryl methyl sites for hydroxylation is 1. The van der Waals surface area contributed by atoms with Crippen molar-refractivity contribution in [3.63, 3.8) is 0 Å². The quantitative estimate of drug-likeness (QED) is 0.732. The van der Waals surface area contributed by atoms with Crippen molar-refractivity contribution in [1.82, 2.24) is 14.6 Å². The van der Waals surface area contributed by atoms with E-state index < -0.39 is 12.3 Å². The summed E-state index contributed by atoms with van der Waals surface area (Å²) in [6.07, 6.45) is -0.818. The molecule has 0 saturated heterocycles. The first-order valence-electron chi connectivity index (χ1n) is 8.61. The molecule has 1 saturated carbocycles. The minimum atomic E-state index is -2.71. The van der Waals surface area contributed by atoms with Gasteiger partial charge in [0.1, 0.15) is 11.4 Å². The highest BCUT2D eigenvalue weighted by Crippen LogP contribution is 2.40. The van der Waals surface area contributed by atoms with E-state index in [9.17, 15) is 13.6 Å². The Labute approximate surface area is 154 Å². The number of ether oxygens (including phenoxy) is 1. The maximum atomic E-state index is 13.5. The molecule has 0 bridgehead atoms. The lowest BCUT2D eigenvalue weighted by atomic mass is 10.2. The molecule has 0 atom stereocenters. The van der Waals surface area contributed by atoms with Crippen LogP contribution in [0.3, 0.4) is 0 Å². The second kappa shape index (κ2) is 6.61. The van der Waals surface area contributed by atoms with E-state index in [2.05, 4.69) is 15.4 Å². The zero-order chi connectivity index (χ0) is 19.1. The van der Waals surface area contributed by atoms with Gasteiger partial charge in [0.2, 0.25) is 0 Å². The molecule has 8 heteroatoms. The maximum absolute atomic E-state index is 13.5. The molecule has 2 heterocycles.